The fourth-order valence-corrected chi connectivity index (χ4v) is 2.60. The second-order valence-electron chi connectivity index (χ2n) is 4.81. The lowest BCUT2D eigenvalue weighted by atomic mass is 10.3. The maximum atomic E-state index is 13.5. The highest BCUT2D eigenvalue weighted by Gasteiger charge is 2.29. The Hall–Kier alpha value is -1.67. The molecule has 0 N–H and O–H groups in total. The molecule has 5 nitrogen and oxygen atoms in total. The first-order valence-corrected chi connectivity index (χ1v) is 7.37. The molecule has 9 heteroatoms. The van der Waals surface area contributed by atoms with Crippen LogP contribution in [-0.4, -0.2) is 24.7 Å². The lowest BCUT2D eigenvalue weighted by Gasteiger charge is -2.11. The Morgan fingerprint density at radius 3 is 2.68 bits per heavy atom. The average Bonchev–Trinajstić information content (AvgIpc) is 2.74. The van der Waals surface area contributed by atoms with Gasteiger partial charge in [-0.25, -0.2) is 19.6 Å². The number of aryl methyl sites for hydroxylation is 1. The molecule has 0 aliphatic rings. The molecule has 0 radical (unpaired) electrons. The van der Waals surface area contributed by atoms with Gasteiger partial charge < -0.3 is 0 Å². The van der Waals surface area contributed by atoms with Crippen molar-refractivity contribution in [2.24, 2.45) is 0 Å². The molecule has 0 atom stereocenters. The minimum Gasteiger partial charge on any atom is -0.244 e. The van der Waals surface area contributed by atoms with Crippen molar-refractivity contribution in [1.82, 2.24) is 24.7 Å². The molecule has 0 saturated heterocycles. The van der Waals surface area contributed by atoms with Crippen LogP contribution in [0.25, 0.3) is 16.7 Å². The molecule has 0 fully saturated rings. The number of rotatable bonds is 2. The Labute approximate surface area is 137 Å². The van der Waals surface area contributed by atoms with Crippen LogP contribution in [0.1, 0.15) is 18.4 Å². The number of nitrogens with zero attached hydrogens (tertiary/aromatic N) is 5. The van der Waals surface area contributed by atoms with Crippen LogP contribution in [0.15, 0.2) is 22.9 Å². The predicted molar refractivity (Wildman–Crippen MR) is 81.5 cm³/mol. The number of hydrogen-bond acceptors (Lipinski definition) is 4. The molecule has 114 valence electrons. The summed E-state index contributed by atoms with van der Waals surface area (Å²) in [5, 5.41) is 5.24. The first kappa shape index (κ1) is 15.2. The van der Waals surface area contributed by atoms with Gasteiger partial charge in [-0.15, -0.1) is 0 Å². The predicted octanol–water partition coefficient (Wildman–Crippen LogP) is 4.05. The van der Waals surface area contributed by atoms with Gasteiger partial charge in [0.1, 0.15) is 9.76 Å². The van der Waals surface area contributed by atoms with Crippen molar-refractivity contribution in [2.75, 3.05) is 0 Å². The second kappa shape index (κ2) is 5.20. The van der Waals surface area contributed by atoms with Crippen LogP contribution in [0.2, 0.25) is 5.15 Å². The molecule has 3 rings (SSSR count). The molecule has 0 amide bonds. The van der Waals surface area contributed by atoms with Gasteiger partial charge in [-0.2, -0.15) is 13.9 Å². The third kappa shape index (κ3) is 2.68. The molecule has 0 bridgehead atoms. The standard InChI is InChI=1S/C13H9BrClF2N5/c1-6-3-10(20-12(19-6)13(2,16)17)22-8-4-9(15)18-5-7(8)11(14)21-22/h3-5H,1-2H3. The zero-order chi connectivity index (χ0) is 16.1. The van der Waals surface area contributed by atoms with Crippen molar-refractivity contribution in [3.05, 3.63) is 39.6 Å². The summed E-state index contributed by atoms with van der Waals surface area (Å²) in [7, 11) is 0. The molecule has 0 spiro atoms. The van der Waals surface area contributed by atoms with Crippen molar-refractivity contribution in [1.29, 1.82) is 0 Å². The highest BCUT2D eigenvalue weighted by Crippen LogP contribution is 2.28. The molecule has 0 saturated carbocycles. The summed E-state index contributed by atoms with van der Waals surface area (Å²) in [5.74, 6) is -3.45. The van der Waals surface area contributed by atoms with Crippen LogP contribution in [0.4, 0.5) is 8.78 Å². The van der Waals surface area contributed by atoms with Crippen LogP contribution in [0.3, 0.4) is 0 Å². The Morgan fingerprint density at radius 2 is 2.00 bits per heavy atom. The topological polar surface area (TPSA) is 56.5 Å². The number of hydrogen-bond donors (Lipinski definition) is 0. The summed E-state index contributed by atoms with van der Waals surface area (Å²) in [6.45, 7) is 2.37. The third-order valence-corrected chi connectivity index (χ3v) is 3.73. The molecular weight excluding hydrogens is 380 g/mol. The van der Waals surface area contributed by atoms with E-state index in [0.29, 0.717) is 21.2 Å². The smallest absolute Gasteiger partial charge is 0.244 e. The molecule has 3 heterocycles. The Bertz CT molecular complexity index is 875. The second-order valence-corrected chi connectivity index (χ2v) is 5.94. The van der Waals surface area contributed by atoms with E-state index in [0.717, 1.165) is 6.92 Å². The van der Waals surface area contributed by atoms with Crippen LogP contribution in [-0.2, 0) is 5.92 Å². The van der Waals surface area contributed by atoms with Gasteiger partial charge in [0.05, 0.1) is 10.9 Å². The SMILES string of the molecule is Cc1cc(-n2nc(Br)c3cnc(Cl)cc32)nc(C(C)(F)F)n1. The van der Waals surface area contributed by atoms with Crippen molar-refractivity contribution < 1.29 is 8.78 Å². The van der Waals surface area contributed by atoms with E-state index >= 15 is 0 Å². The first-order valence-electron chi connectivity index (χ1n) is 6.20. The zero-order valence-corrected chi connectivity index (χ0v) is 13.8. The summed E-state index contributed by atoms with van der Waals surface area (Å²) in [6.07, 6.45) is 1.55. The van der Waals surface area contributed by atoms with E-state index in [1.807, 2.05) is 0 Å². The lowest BCUT2D eigenvalue weighted by molar-refractivity contribution is 0.00747. The van der Waals surface area contributed by atoms with Gasteiger partial charge in [-0.05, 0) is 22.9 Å². The molecule has 0 aromatic carbocycles. The van der Waals surface area contributed by atoms with Gasteiger partial charge in [0.25, 0.3) is 0 Å². The minimum atomic E-state index is -3.14. The van der Waals surface area contributed by atoms with Crippen LogP contribution in [0.5, 0.6) is 0 Å². The summed E-state index contributed by atoms with van der Waals surface area (Å²) >= 11 is 9.21. The van der Waals surface area contributed by atoms with Gasteiger partial charge in [-0.1, -0.05) is 11.6 Å². The van der Waals surface area contributed by atoms with Gasteiger partial charge in [0.2, 0.25) is 5.82 Å². The van der Waals surface area contributed by atoms with E-state index in [2.05, 4.69) is 36.0 Å². The van der Waals surface area contributed by atoms with Gasteiger partial charge >= 0.3 is 5.92 Å². The monoisotopic (exact) mass is 387 g/mol. The summed E-state index contributed by atoms with van der Waals surface area (Å²) in [6, 6.07) is 3.16. The third-order valence-electron chi connectivity index (χ3n) is 2.94. The molecule has 0 aliphatic carbocycles. The summed E-state index contributed by atoms with van der Waals surface area (Å²) < 4.78 is 29.0. The lowest BCUT2D eigenvalue weighted by Crippen LogP contribution is -2.15. The highest BCUT2D eigenvalue weighted by atomic mass is 79.9. The summed E-state index contributed by atoms with van der Waals surface area (Å²) in [4.78, 5) is 11.7. The molecule has 3 aromatic rings. The summed E-state index contributed by atoms with van der Waals surface area (Å²) in [5.41, 5.74) is 1.02. The number of halogens is 4. The minimum absolute atomic E-state index is 0.238. The van der Waals surface area contributed by atoms with E-state index in [1.165, 1.54) is 4.68 Å². The number of pyridine rings is 1. The number of alkyl halides is 2. The van der Waals surface area contributed by atoms with E-state index in [4.69, 9.17) is 11.6 Å². The highest BCUT2D eigenvalue weighted by molar-refractivity contribution is 9.10. The van der Waals surface area contributed by atoms with Crippen LogP contribution >= 0.6 is 27.5 Å². The van der Waals surface area contributed by atoms with Crippen LogP contribution < -0.4 is 0 Å². The fourth-order valence-electron chi connectivity index (χ4n) is 1.98. The van der Waals surface area contributed by atoms with E-state index in [-0.39, 0.29) is 11.0 Å². The molecular formula is C13H9BrClF2N5. The van der Waals surface area contributed by atoms with Gasteiger partial charge in [-0.3, -0.25) is 0 Å². The van der Waals surface area contributed by atoms with Crippen molar-refractivity contribution in [3.8, 4) is 5.82 Å². The van der Waals surface area contributed by atoms with Crippen LogP contribution in [0, 0.1) is 6.92 Å². The maximum absolute atomic E-state index is 13.5. The largest absolute Gasteiger partial charge is 0.303 e. The molecule has 3 aromatic heterocycles. The van der Waals surface area contributed by atoms with Gasteiger partial charge in [0, 0.05) is 30.9 Å². The average molecular weight is 389 g/mol. The van der Waals surface area contributed by atoms with E-state index in [9.17, 15) is 8.78 Å². The maximum Gasteiger partial charge on any atom is 0.303 e. The zero-order valence-electron chi connectivity index (χ0n) is 11.5. The van der Waals surface area contributed by atoms with Crippen molar-refractivity contribution in [2.45, 2.75) is 19.8 Å². The molecule has 0 aliphatic heterocycles. The van der Waals surface area contributed by atoms with Gasteiger partial charge in [0.15, 0.2) is 5.82 Å². The first-order chi connectivity index (χ1) is 10.3. The van der Waals surface area contributed by atoms with E-state index in [1.54, 1.807) is 25.3 Å². The Balaban J connectivity index is 2.28. The van der Waals surface area contributed by atoms with E-state index < -0.39 is 11.7 Å². The number of aromatic nitrogens is 5. The normalized spacial score (nSPS) is 12.1. The molecule has 0 unspecified atom stereocenters. The quantitative estimate of drug-likeness (QED) is 0.622. The van der Waals surface area contributed by atoms with Crippen molar-refractivity contribution >= 4 is 38.4 Å². The van der Waals surface area contributed by atoms with Crippen molar-refractivity contribution in [3.63, 3.8) is 0 Å². The number of fused-ring (bicyclic) bond motifs is 1. The fraction of sp³-hybridized carbons (Fsp3) is 0.231. The Kier molecular flexibility index (Phi) is 3.60. The Morgan fingerprint density at radius 1 is 1.27 bits per heavy atom. The molecule has 22 heavy (non-hydrogen) atoms.